The van der Waals surface area contributed by atoms with Crippen LogP contribution in [0.2, 0.25) is 0 Å². The predicted molar refractivity (Wildman–Crippen MR) is 72.4 cm³/mol. The highest BCUT2D eigenvalue weighted by Gasteiger charge is 2.25. The van der Waals surface area contributed by atoms with E-state index in [4.69, 9.17) is 0 Å². The van der Waals surface area contributed by atoms with Crippen molar-refractivity contribution in [3.8, 4) is 0 Å². The summed E-state index contributed by atoms with van der Waals surface area (Å²) in [7, 11) is 0. The summed E-state index contributed by atoms with van der Waals surface area (Å²) in [6.45, 7) is 10.3. The molecule has 0 unspecified atom stereocenters. The molecule has 0 saturated heterocycles. The lowest BCUT2D eigenvalue weighted by Crippen LogP contribution is -2.42. The molecule has 0 atom stereocenters. The SMILES string of the molecule is CC(C)N1CCCCc2c1ccc[n+]2C(C)C. The number of pyridine rings is 1. The van der Waals surface area contributed by atoms with Crippen LogP contribution >= 0.6 is 0 Å². The van der Waals surface area contributed by atoms with E-state index in [1.54, 1.807) is 0 Å². The van der Waals surface area contributed by atoms with Crippen molar-refractivity contribution in [3.63, 3.8) is 0 Å². The number of nitrogens with zero attached hydrogens (tertiary/aromatic N) is 2. The van der Waals surface area contributed by atoms with E-state index < -0.39 is 0 Å². The quantitative estimate of drug-likeness (QED) is 0.712. The maximum atomic E-state index is 2.56. The standard InChI is InChI=1S/C15H25N2/c1-12(2)16-10-6-5-8-14-15(16)9-7-11-17(14)13(3)4/h7,9,11-13H,5-6,8,10H2,1-4H3/q+1. The molecule has 1 aliphatic heterocycles. The maximum Gasteiger partial charge on any atom is 0.205 e. The molecule has 1 aromatic heterocycles. The van der Waals surface area contributed by atoms with E-state index in [1.165, 1.54) is 37.2 Å². The average molecular weight is 233 g/mol. The monoisotopic (exact) mass is 233 g/mol. The number of rotatable bonds is 2. The van der Waals surface area contributed by atoms with Gasteiger partial charge in [0, 0.05) is 25.1 Å². The van der Waals surface area contributed by atoms with Crippen LogP contribution in [0.4, 0.5) is 5.69 Å². The van der Waals surface area contributed by atoms with Gasteiger partial charge < -0.3 is 4.90 Å². The van der Waals surface area contributed by atoms with E-state index in [0.29, 0.717) is 12.1 Å². The van der Waals surface area contributed by atoms with E-state index in [-0.39, 0.29) is 0 Å². The summed E-state index contributed by atoms with van der Waals surface area (Å²) in [6.07, 6.45) is 6.07. The van der Waals surface area contributed by atoms with Gasteiger partial charge in [-0.2, -0.15) is 4.57 Å². The Morgan fingerprint density at radius 1 is 1.18 bits per heavy atom. The molecule has 2 heteroatoms. The van der Waals surface area contributed by atoms with Crippen molar-refractivity contribution in [2.45, 2.75) is 59.0 Å². The first-order chi connectivity index (χ1) is 8.11. The van der Waals surface area contributed by atoms with Crippen LogP contribution in [0.1, 0.15) is 52.3 Å². The normalized spacial score (nSPS) is 16.2. The average Bonchev–Trinajstić information content (AvgIpc) is 2.49. The number of hydrogen-bond donors (Lipinski definition) is 0. The molecule has 0 N–H and O–H groups in total. The highest BCUT2D eigenvalue weighted by Crippen LogP contribution is 2.25. The molecule has 0 bridgehead atoms. The zero-order valence-corrected chi connectivity index (χ0v) is 11.6. The Hall–Kier alpha value is -1.05. The fourth-order valence-electron chi connectivity index (χ4n) is 2.78. The third kappa shape index (κ3) is 2.46. The zero-order valence-electron chi connectivity index (χ0n) is 11.6. The molecule has 2 rings (SSSR count). The van der Waals surface area contributed by atoms with Gasteiger partial charge in [-0.25, -0.2) is 0 Å². The number of fused-ring (bicyclic) bond motifs is 1. The fraction of sp³-hybridized carbons (Fsp3) is 0.667. The smallest absolute Gasteiger partial charge is 0.205 e. The van der Waals surface area contributed by atoms with Crippen LogP contribution in [-0.4, -0.2) is 12.6 Å². The lowest BCUT2D eigenvalue weighted by atomic mass is 10.1. The molecule has 0 fully saturated rings. The van der Waals surface area contributed by atoms with Crippen LogP contribution in [0.3, 0.4) is 0 Å². The molecule has 17 heavy (non-hydrogen) atoms. The third-order valence-electron chi connectivity index (χ3n) is 3.66. The molecule has 0 aromatic carbocycles. The highest BCUT2D eigenvalue weighted by molar-refractivity contribution is 5.50. The summed E-state index contributed by atoms with van der Waals surface area (Å²) >= 11 is 0. The van der Waals surface area contributed by atoms with Crippen LogP contribution in [0.25, 0.3) is 0 Å². The summed E-state index contributed by atoms with van der Waals surface area (Å²) in [6, 6.07) is 5.63. The summed E-state index contributed by atoms with van der Waals surface area (Å²) in [5, 5.41) is 0. The molecular weight excluding hydrogens is 208 g/mol. The van der Waals surface area contributed by atoms with Gasteiger partial charge in [-0.15, -0.1) is 0 Å². The second-order valence-electron chi connectivity index (χ2n) is 5.59. The molecule has 0 amide bonds. The minimum absolute atomic E-state index is 0.553. The Balaban J connectivity index is 2.48. The molecule has 0 radical (unpaired) electrons. The molecule has 1 aromatic rings. The highest BCUT2D eigenvalue weighted by atomic mass is 15.2. The minimum atomic E-state index is 0.553. The van der Waals surface area contributed by atoms with Gasteiger partial charge in [-0.05, 0) is 46.6 Å². The van der Waals surface area contributed by atoms with Gasteiger partial charge in [0.15, 0.2) is 12.2 Å². The van der Waals surface area contributed by atoms with Crippen LogP contribution in [-0.2, 0) is 6.42 Å². The van der Waals surface area contributed by atoms with Crippen molar-refractivity contribution >= 4 is 5.69 Å². The van der Waals surface area contributed by atoms with Crippen molar-refractivity contribution in [2.75, 3.05) is 11.4 Å². The van der Waals surface area contributed by atoms with Crippen molar-refractivity contribution < 1.29 is 4.57 Å². The molecule has 0 spiro atoms. The lowest BCUT2D eigenvalue weighted by Gasteiger charge is -2.27. The Labute approximate surface area is 105 Å². The van der Waals surface area contributed by atoms with Gasteiger partial charge in [0.2, 0.25) is 5.69 Å². The Bertz CT molecular complexity index is 383. The Morgan fingerprint density at radius 2 is 1.94 bits per heavy atom. The van der Waals surface area contributed by atoms with Crippen molar-refractivity contribution in [2.24, 2.45) is 0 Å². The molecular formula is C15H25N2+. The van der Waals surface area contributed by atoms with Crippen LogP contribution in [0.15, 0.2) is 18.3 Å². The Kier molecular flexibility index (Phi) is 3.70. The van der Waals surface area contributed by atoms with Crippen molar-refractivity contribution in [3.05, 3.63) is 24.0 Å². The van der Waals surface area contributed by atoms with E-state index in [9.17, 15) is 0 Å². The zero-order chi connectivity index (χ0) is 12.4. The van der Waals surface area contributed by atoms with Gasteiger partial charge >= 0.3 is 0 Å². The molecule has 0 aliphatic carbocycles. The second-order valence-corrected chi connectivity index (χ2v) is 5.59. The largest absolute Gasteiger partial charge is 0.364 e. The van der Waals surface area contributed by atoms with Crippen LogP contribution in [0, 0.1) is 0 Å². The van der Waals surface area contributed by atoms with Gasteiger partial charge in [-0.1, -0.05) is 0 Å². The summed E-state index contributed by atoms with van der Waals surface area (Å²) in [5.41, 5.74) is 2.97. The summed E-state index contributed by atoms with van der Waals surface area (Å²) in [4.78, 5) is 2.56. The van der Waals surface area contributed by atoms with Gasteiger partial charge in [0.25, 0.3) is 0 Å². The third-order valence-corrected chi connectivity index (χ3v) is 3.66. The van der Waals surface area contributed by atoms with Crippen LogP contribution < -0.4 is 9.47 Å². The first kappa shape index (κ1) is 12.4. The Morgan fingerprint density at radius 3 is 2.59 bits per heavy atom. The number of hydrogen-bond acceptors (Lipinski definition) is 1. The van der Waals surface area contributed by atoms with E-state index in [0.717, 1.165) is 0 Å². The van der Waals surface area contributed by atoms with Crippen LogP contribution in [0.5, 0.6) is 0 Å². The second kappa shape index (κ2) is 5.07. The molecule has 2 heterocycles. The van der Waals surface area contributed by atoms with E-state index >= 15 is 0 Å². The van der Waals surface area contributed by atoms with Gasteiger partial charge in [0.1, 0.15) is 5.69 Å². The lowest BCUT2D eigenvalue weighted by molar-refractivity contribution is -0.722. The molecule has 1 aliphatic rings. The maximum absolute atomic E-state index is 2.56. The minimum Gasteiger partial charge on any atom is -0.364 e. The van der Waals surface area contributed by atoms with Crippen molar-refractivity contribution in [1.29, 1.82) is 0 Å². The first-order valence-corrected chi connectivity index (χ1v) is 6.91. The first-order valence-electron chi connectivity index (χ1n) is 6.91. The summed E-state index contributed by atoms with van der Waals surface area (Å²) < 4.78 is 2.44. The predicted octanol–water partition coefficient (Wildman–Crippen LogP) is 3.11. The topological polar surface area (TPSA) is 7.12 Å². The van der Waals surface area contributed by atoms with E-state index in [1.807, 2.05) is 0 Å². The fourth-order valence-corrected chi connectivity index (χ4v) is 2.78. The summed E-state index contributed by atoms with van der Waals surface area (Å²) in [5.74, 6) is 0. The number of anilines is 1. The van der Waals surface area contributed by atoms with Crippen molar-refractivity contribution in [1.82, 2.24) is 0 Å². The molecule has 94 valence electrons. The van der Waals surface area contributed by atoms with Gasteiger partial charge in [-0.3, -0.25) is 0 Å². The van der Waals surface area contributed by atoms with E-state index in [2.05, 4.69) is 55.5 Å². The van der Waals surface area contributed by atoms with Gasteiger partial charge in [0.05, 0.1) is 0 Å². The number of aromatic nitrogens is 1. The molecule has 0 saturated carbocycles. The molecule has 2 nitrogen and oxygen atoms in total.